The van der Waals surface area contributed by atoms with Gasteiger partial charge in [0.2, 0.25) is 0 Å². The molecule has 1 aromatic rings. The van der Waals surface area contributed by atoms with Crippen LogP contribution in [0.15, 0.2) is 24.3 Å². The molecule has 1 saturated carbocycles. The van der Waals surface area contributed by atoms with Gasteiger partial charge in [-0.05, 0) is 50.1 Å². The molecule has 4 nitrogen and oxygen atoms in total. The summed E-state index contributed by atoms with van der Waals surface area (Å²) in [6, 6.07) is 7.51. The third-order valence-corrected chi connectivity index (χ3v) is 4.74. The summed E-state index contributed by atoms with van der Waals surface area (Å²) in [6.07, 6.45) is 4.24. The normalized spacial score (nSPS) is 23.4. The maximum Gasteiger partial charge on any atom is 0.319 e. The number of carbonyl (C=O) groups is 1. The first-order chi connectivity index (χ1) is 9.60. The number of hydrogen-bond donors (Lipinski definition) is 3. The number of thioether (sulfide) groups is 1. The predicted octanol–water partition coefficient (Wildman–Crippen LogP) is 3.15. The van der Waals surface area contributed by atoms with Crippen molar-refractivity contribution in [3.05, 3.63) is 29.8 Å². The summed E-state index contributed by atoms with van der Waals surface area (Å²) in [6.45, 7) is 2.14. The fourth-order valence-corrected chi connectivity index (χ4v) is 2.87. The van der Waals surface area contributed by atoms with Crippen LogP contribution < -0.4 is 10.6 Å². The Labute approximate surface area is 124 Å². The number of anilines is 1. The summed E-state index contributed by atoms with van der Waals surface area (Å²) in [5.41, 5.74) is 1.98. The minimum absolute atomic E-state index is 0.122. The lowest BCUT2D eigenvalue weighted by Crippen LogP contribution is -2.42. The number of urea groups is 1. The summed E-state index contributed by atoms with van der Waals surface area (Å²) < 4.78 is 0. The molecule has 110 valence electrons. The maximum atomic E-state index is 11.9. The zero-order chi connectivity index (χ0) is 14.5. The number of aliphatic hydroxyl groups is 1. The van der Waals surface area contributed by atoms with Gasteiger partial charge in [-0.2, -0.15) is 11.8 Å². The molecule has 3 atom stereocenters. The van der Waals surface area contributed by atoms with Crippen LogP contribution in [0.2, 0.25) is 0 Å². The SMILES string of the molecule is CS[C@H](C)c1cccc(NC(=O)N[C@@H]2CCC[C@H]2O)c1. The molecular weight excluding hydrogens is 272 g/mol. The Balaban J connectivity index is 1.93. The van der Waals surface area contributed by atoms with E-state index >= 15 is 0 Å². The van der Waals surface area contributed by atoms with E-state index in [1.165, 1.54) is 5.56 Å². The van der Waals surface area contributed by atoms with Crippen LogP contribution >= 0.6 is 11.8 Å². The van der Waals surface area contributed by atoms with E-state index in [1.807, 2.05) is 18.2 Å². The van der Waals surface area contributed by atoms with Crippen molar-refractivity contribution in [3.8, 4) is 0 Å². The van der Waals surface area contributed by atoms with Crippen molar-refractivity contribution < 1.29 is 9.90 Å². The molecule has 0 spiro atoms. The molecule has 2 rings (SSSR count). The predicted molar refractivity (Wildman–Crippen MR) is 84.2 cm³/mol. The smallest absolute Gasteiger partial charge is 0.319 e. The van der Waals surface area contributed by atoms with Gasteiger partial charge >= 0.3 is 6.03 Å². The molecule has 1 aliphatic carbocycles. The highest BCUT2D eigenvalue weighted by Gasteiger charge is 2.26. The summed E-state index contributed by atoms with van der Waals surface area (Å²) in [7, 11) is 0. The van der Waals surface area contributed by atoms with Gasteiger partial charge in [-0.25, -0.2) is 4.79 Å². The molecule has 1 aromatic carbocycles. The Morgan fingerprint density at radius 2 is 2.25 bits per heavy atom. The van der Waals surface area contributed by atoms with Gasteiger partial charge in [0, 0.05) is 10.9 Å². The molecule has 0 bridgehead atoms. The molecule has 5 heteroatoms. The number of benzene rings is 1. The third-order valence-electron chi connectivity index (χ3n) is 3.76. The molecule has 0 aliphatic heterocycles. The van der Waals surface area contributed by atoms with E-state index in [0.717, 1.165) is 24.9 Å². The second kappa shape index (κ2) is 6.99. The van der Waals surface area contributed by atoms with Gasteiger partial charge in [0.25, 0.3) is 0 Å². The Kier molecular flexibility index (Phi) is 5.31. The minimum Gasteiger partial charge on any atom is -0.391 e. The number of amides is 2. The second-order valence-electron chi connectivity index (χ2n) is 5.21. The van der Waals surface area contributed by atoms with E-state index in [2.05, 4.69) is 29.9 Å². The highest BCUT2D eigenvalue weighted by atomic mass is 32.2. The van der Waals surface area contributed by atoms with Crippen molar-refractivity contribution in [2.75, 3.05) is 11.6 Å². The van der Waals surface area contributed by atoms with Crippen molar-refractivity contribution in [1.29, 1.82) is 0 Å². The van der Waals surface area contributed by atoms with Crippen LogP contribution in [0.25, 0.3) is 0 Å². The zero-order valence-electron chi connectivity index (χ0n) is 11.9. The van der Waals surface area contributed by atoms with Crippen LogP contribution in [-0.2, 0) is 0 Å². The van der Waals surface area contributed by atoms with E-state index < -0.39 is 6.10 Å². The average Bonchev–Trinajstić information content (AvgIpc) is 2.83. The van der Waals surface area contributed by atoms with Gasteiger partial charge in [-0.3, -0.25) is 0 Å². The van der Waals surface area contributed by atoms with E-state index in [9.17, 15) is 9.90 Å². The van der Waals surface area contributed by atoms with E-state index in [0.29, 0.717) is 5.25 Å². The number of aliphatic hydroxyl groups excluding tert-OH is 1. The van der Waals surface area contributed by atoms with Crippen molar-refractivity contribution in [2.45, 2.75) is 43.6 Å². The van der Waals surface area contributed by atoms with Crippen LogP contribution in [-0.4, -0.2) is 29.5 Å². The van der Waals surface area contributed by atoms with Crippen LogP contribution in [0, 0.1) is 0 Å². The monoisotopic (exact) mass is 294 g/mol. The number of hydrogen-bond acceptors (Lipinski definition) is 3. The number of nitrogens with one attached hydrogen (secondary N) is 2. The Bertz CT molecular complexity index is 467. The average molecular weight is 294 g/mol. The van der Waals surface area contributed by atoms with Crippen LogP contribution in [0.3, 0.4) is 0 Å². The Morgan fingerprint density at radius 3 is 2.90 bits per heavy atom. The number of rotatable bonds is 4. The minimum atomic E-state index is -0.413. The quantitative estimate of drug-likeness (QED) is 0.799. The Hall–Kier alpha value is -1.20. The van der Waals surface area contributed by atoms with Crippen molar-refractivity contribution in [3.63, 3.8) is 0 Å². The van der Waals surface area contributed by atoms with Crippen LogP contribution in [0.1, 0.15) is 37.0 Å². The molecule has 1 fully saturated rings. The Morgan fingerprint density at radius 1 is 1.45 bits per heavy atom. The van der Waals surface area contributed by atoms with Gasteiger partial charge in [0.1, 0.15) is 0 Å². The van der Waals surface area contributed by atoms with Crippen LogP contribution in [0.5, 0.6) is 0 Å². The van der Waals surface area contributed by atoms with Gasteiger partial charge < -0.3 is 15.7 Å². The molecule has 20 heavy (non-hydrogen) atoms. The fraction of sp³-hybridized carbons (Fsp3) is 0.533. The maximum absolute atomic E-state index is 11.9. The molecule has 3 N–H and O–H groups in total. The van der Waals surface area contributed by atoms with Crippen LogP contribution in [0.4, 0.5) is 10.5 Å². The molecule has 2 amide bonds. The van der Waals surface area contributed by atoms with Crippen molar-refractivity contribution >= 4 is 23.5 Å². The van der Waals surface area contributed by atoms with E-state index in [1.54, 1.807) is 11.8 Å². The van der Waals surface area contributed by atoms with Crippen molar-refractivity contribution in [2.24, 2.45) is 0 Å². The molecule has 0 unspecified atom stereocenters. The van der Waals surface area contributed by atoms with Gasteiger partial charge in [0.05, 0.1) is 12.1 Å². The van der Waals surface area contributed by atoms with E-state index in [-0.39, 0.29) is 12.1 Å². The summed E-state index contributed by atoms with van der Waals surface area (Å²) >= 11 is 1.77. The first-order valence-electron chi connectivity index (χ1n) is 6.98. The molecular formula is C15H22N2O2S. The molecule has 1 aliphatic rings. The van der Waals surface area contributed by atoms with Gasteiger partial charge in [-0.15, -0.1) is 0 Å². The third kappa shape index (κ3) is 3.90. The van der Waals surface area contributed by atoms with Gasteiger partial charge in [-0.1, -0.05) is 12.1 Å². The summed E-state index contributed by atoms with van der Waals surface area (Å²) in [5, 5.41) is 15.8. The summed E-state index contributed by atoms with van der Waals surface area (Å²) in [5.74, 6) is 0. The second-order valence-corrected chi connectivity index (χ2v) is 6.39. The highest BCUT2D eigenvalue weighted by Crippen LogP contribution is 2.27. The van der Waals surface area contributed by atoms with E-state index in [4.69, 9.17) is 0 Å². The molecule has 0 heterocycles. The molecule has 0 aromatic heterocycles. The lowest BCUT2D eigenvalue weighted by molar-refractivity contribution is 0.151. The van der Waals surface area contributed by atoms with Gasteiger partial charge in [0.15, 0.2) is 0 Å². The lowest BCUT2D eigenvalue weighted by atomic mass is 10.1. The first-order valence-corrected chi connectivity index (χ1v) is 8.27. The molecule has 0 saturated heterocycles. The standard InChI is InChI=1S/C15H22N2O2S/c1-10(20-2)11-5-3-6-12(9-11)16-15(19)17-13-7-4-8-14(13)18/h3,5-6,9-10,13-14,18H,4,7-8H2,1-2H3,(H2,16,17,19)/t10-,13-,14-/m1/s1. The number of carbonyl (C=O) groups excluding carboxylic acids is 1. The summed E-state index contributed by atoms with van der Waals surface area (Å²) in [4.78, 5) is 11.9. The zero-order valence-corrected chi connectivity index (χ0v) is 12.7. The topological polar surface area (TPSA) is 61.4 Å². The van der Waals surface area contributed by atoms with Crippen molar-refractivity contribution in [1.82, 2.24) is 5.32 Å². The molecule has 0 radical (unpaired) electrons. The lowest BCUT2D eigenvalue weighted by Gasteiger charge is -2.17. The first kappa shape index (κ1) is 15.2. The fourth-order valence-electron chi connectivity index (χ4n) is 2.45. The highest BCUT2D eigenvalue weighted by molar-refractivity contribution is 7.98. The largest absolute Gasteiger partial charge is 0.391 e.